The minimum Gasteiger partial charge on any atom is -0.486 e. The van der Waals surface area contributed by atoms with Gasteiger partial charge in [0.25, 0.3) is 0 Å². The van der Waals surface area contributed by atoms with Crippen molar-refractivity contribution >= 4 is 0 Å². The molecule has 1 aromatic carbocycles. The molecule has 1 aliphatic carbocycles. The zero-order chi connectivity index (χ0) is 13.5. The maximum Gasteiger partial charge on any atom is 0.125 e. The molecular formula is C16H23NO2. The SMILES string of the molecule is CC1(C)Oc2ccccc2C1NCC1(CCO)CC1. The molecule has 0 saturated heterocycles. The molecule has 2 N–H and O–H groups in total. The third kappa shape index (κ3) is 2.37. The maximum absolute atomic E-state index is 9.14. The molecule has 3 heteroatoms. The average Bonchev–Trinajstić information content (AvgIpc) is 3.05. The lowest BCUT2D eigenvalue weighted by molar-refractivity contribution is 0.0927. The van der Waals surface area contributed by atoms with Crippen molar-refractivity contribution in [2.45, 2.75) is 44.8 Å². The fraction of sp³-hybridized carbons (Fsp3) is 0.625. The van der Waals surface area contributed by atoms with Crippen molar-refractivity contribution in [2.75, 3.05) is 13.2 Å². The number of ether oxygens (including phenoxy) is 1. The van der Waals surface area contributed by atoms with Gasteiger partial charge in [-0.25, -0.2) is 0 Å². The fourth-order valence-electron chi connectivity index (χ4n) is 3.13. The van der Waals surface area contributed by atoms with Crippen LogP contribution in [-0.4, -0.2) is 23.9 Å². The molecule has 3 nitrogen and oxygen atoms in total. The molecule has 2 aliphatic rings. The van der Waals surface area contributed by atoms with Crippen LogP contribution in [-0.2, 0) is 0 Å². The highest BCUT2D eigenvalue weighted by Crippen LogP contribution is 2.49. The number of aliphatic hydroxyl groups excluding tert-OH is 1. The van der Waals surface area contributed by atoms with Gasteiger partial charge in [0.2, 0.25) is 0 Å². The Labute approximate surface area is 115 Å². The van der Waals surface area contributed by atoms with Crippen molar-refractivity contribution in [2.24, 2.45) is 5.41 Å². The van der Waals surface area contributed by atoms with Gasteiger partial charge in [0.05, 0.1) is 6.04 Å². The van der Waals surface area contributed by atoms with E-state index in [1.165, 1.54) is 18.4 Å². The highest BCUT2D eigenvalue weighted by Gasteiger charge is 2.45. The summed E-state index contributed by atoms with van der Waals surface area (Å²) in [5.74, 6) is 0.997. The molecule has 0 spiro atoms. The number of nitrogens with one attached hydrogen (secondary N) is 1. The van der Waals surface area contributed by atoms with Crippen LogP contribution in [0.1, 0.15) is 44.7 Å². The van der Waals surface area contributed by atoms with Gasteiger partial charge in [-0.3, -0.25) is 0 Å². The predicted molar refractivity (Wildman–Crippen MR) is 75.3 cm³/mol. The Balaban J connectivity index is 1.73. The topological polar surface area (TPSA) is 41.5 Å². The summed E-state index contributed by atoms with van der Waals surface area (Å²) in [6.07, 6.45) is 3.38. The summed E-state index contributed by atoms with van der Waals surface area (Å²) in [7, 11) is 0. The standard InChI is InChI=1S/C16H23NO2/c1-15(2)14(12-5-3-4-6-13(12)19-15)17-11-16(7-8-16)9-10-18/h3-6,14,17-18H,7-11H2,1-2H3. The average molecular weight is 261 g/mol. The molecule has 104 valence electrons. The molecule has 19 heavy (non-hydrogen) atoms. The number of hydrogen-bond acceptors (Lipinski definition) is 3. The van der Waals surface area contributed by atoms with Crippen LogP contribution in [0, 0.1) is 5.41 Å². The molecule has 1 atom stereocenters. The highest BCUT2D eigenvalue weighted by molar-refractivity contribution is 5.42. The van der Waals surface area contributed by atoms with Gasteiger partial charge in [-0.15, -0.1) is 0 Å². The first-order valence-corrected chi connectivity index (χ1v) is 7.19. The van der Waals surface area contributed by atoms with Gasteiger partial charge in [0.1, 0.15) is 11.4 Å². The van der Waals surface area contributed by atoms with Crippen LogP contribution < -0.4 is 10.1 Å². The number of fused-ring (bicyclic) bond motifs is 1. The molecule has 1 fully saturated rings. The molecule has 1 aliphatic heterocycles. The Morgan fingerprint density at radius 1 is 1.32 bits per heavy atom. The van der Waals surface area contributed by atoms with E-state index in [4.69, 9.17) is 9.84 Å². The Kier molecular flexibility index (Phi) is 3.06. The quantitative estimate of drug-likeness (QED) is 0.856. The second-order valence-electron chi connectivity index (χ2n) is 6.53. The van der Waals surface area contributed by atoms with Gasteiger partial charge in [-0.05, 0) is 44.6 Å². The molecule has 0 bridgehead atoms. The summed E-state index contributed by atoms with van der Waals surface area (Å²) in [6, 6.07) is 8.51. The van der Waals surface area contributed by atoms with Crippen LogP contribution in [0.4, 0.5) is 0 Å². The van der Waals surface area contributed by atoms with Gasteiger partial charge in [-0.1, -0.05) is 18.2 Å². The number of para-hydroxylation sites is 1. The second kappa shape index (κ2) is 4.50. The third-order valence-corrected chi connectivity index (χ3v) is 4.58. The largest absolute Gasteiger partial charge is 0.486 e. The summed E-state index contributed by atoms with van der Waals surface area (Å²) in [5, 5.41) is 12.8. The molecular weight excluding hydrogens is 238 g/mol. The Morgan fingerprint density at radius 2 is 2.05 bits per heavy atom. The van der Waals surface area contributed by atoms with Crippen LogP contribution in [0.5, 0.6) is 5.75 Å². The van der Waals surface area contributed by atoms with E-state index in [1.807, 2.05) is 12.1 Å². The monoisotopic (exact) mass is 261 g/mol. The van der Waals surface area contributed by atoms with E-state index in [1.54, 1.807) is 0 Å². The van der Waals surface area contributed by atoms with E-state index in [0.29, 0.717) is 12.0 Å². The van der Waals surface area contributed by atoms with E-state index < -0.39 is 0 Å². The van der Waals surface area contributed by atoms with Crippen molar-refractivity contribution in [3.63, 3.8) is 0 Å². The highest BCUT2D eigenvalue weighted by atomic mass is 16.5. The molecule has 1 unspecified atom stereocenters. The van der Waals surface area contributed by atoms with E-state index in [-0.39, 0.29) is 11.6 Å². The lowest BCUT2D eigenvalue weighted by atomic mass is 9.93. The van der Waals surface area contributed by atoms with Crippen LogP contribution in [0.2, 0.25) is 0 Å². The second-order valence-corrected chi connectivity index (χ2v) is 6.53. The van der Waals surface area contributed by atoms with Gasteiger partial charge >= 0.3 is 0 Å². The summed E-state index contributed by atoms with van der Waals surface area (Å²) in [4.78, 5) is 0. The van der Waals surface area contributed by atoms with Gasteiger partial charge in [0.15, 0.2) is 0 Å². The van der Waals surface area contributed by atoms with Gasteiger partial charge < -0.3 is 15.2 Å². The summed E-state index contributed by atoms with van der Waals surface area (Å²) < 4.78 is 6.04. The van der Waals surface area contributed by atoms with E-state index in [2.05, 4.69) is 31.3 Å². The number of benzene rings is 1. The van der Waals surface area contributed by atoms with Crippen LogP contribution >= 0.6 is 0 Å². The van der Waals surface area contributed by atoms with E-state index in [0.717, 1.165) is 18.7 Å². The molecule has 0 aromatic heterocycles. The number of rotatable bonds is 5. The first-order chi connectivity index (χ1) is 9.06. The first-order valence-electron chi connectivity index (χ1n) is 7.19. The van der Waals surface area contributed by atoms with Gasteiger partial charge in [-0.2, -0.15) is 0 Å². The molecule has 0 amide bonds. The lowest BCUT2D eigenvalue weighted by Crippen LogP contribution is -2.41. The van der Waals surface area contributed by atoms with Crippen molar-refractivity contribution in [1.82, 2.24) is 5.32 Å². The molecule has 1 heterocycles. The minimum absolute atomic E-state index is 0.209. The molecule has 1 aromatic rings. The van der Waals surface area contributed by atoms with Crippen molar-refractivity contribution in [3.8, 4) is 5.75 Å². The number of hydrogen-bond donors (Lipinski definition) is 2. The Bertz CT molecular complexity index is 466. The smallest absolute Gasteiger partial charge is 0.125 e. The van der Waals surface area contributed by atoms with Gasteiger partial charge in [0, 0.05) is 18.7 Å². The lowest BCUT2D eigenvalue weighted by Gasteiger charge is -2.29. The zero-order valence-electron chi connectivity index (χ0n) is 11.8. The van der Waals surface area contributed by atoms with E-state index >= 15 is 0 Å². The fourth-order valence-corrected chi connectivity index (χ4v) is 3.13. The van der Waals surface area contributed by atoms with Crippen molar-refractivity contribution in [1.29, 1.82) is 0 Å². The summed E-state index contributed by atoms with van der Waals surface area (Å²) >= 11 is 0. The zero-order valence-corrected chi connectivity index (χ0v) is 11.8. The van der Waals surface area contributed by atoms with Crippen molar-refractivity contribution in [3.05, 3.63) is 29.8 Å². The number of aliphatic hydroxyl groups is 1. The maximum atomic E-state index is 9.14. The van der Waals surface area contributed by atoms with Crippen molar-refractivity contribution < 1.29 is 9.84 Å². The Morgan fingerprint density at radius 3 is 2.74 bits per heavy atom. The van der Waals surface area contributed by atoms with Crippen LogP contribution in [0.3, 0.4) is 0 Å². The summed E-state index contributed by atoms with van der Waals surface area (Å²) in [6.45, 7) is 5.54. The Hall–Kier alpha value is -1.06. The molecule has 3 rings (SSSR count). The van der Waals surface area contributed by atoms with Crippen LogP contribution in [0.25, 0.3) is 0 Å². The summed E-state index contributed by atoms with van der Waals surface area (Å²) in [5.41, 5.74) is 1.38. The molecule has 0 radical (unpaired) electrons. The van der Waals surface area contributed by atoms with E-state index in [9.17, 15) is 0 Å². The normalized spacial score (nSPS) is 25.7. The first kappa shape index (κ1) is 12.9. The minimum atomic E-state index is -0.209. The van der Waals surface area contributed by atoms with Crippen LogP contribution in [0.15, 0.2) is 24.3 Å². The molecule has 1 saturated carbocycles. The predicted octanol–water partition coefficient (Wildman–Crippen LogP) is 2.65. The third-order valence-electron chi connectivity index (χ3n) is 4.58.